The molecule has 5 aromatic carbocycles. The largest absolute Gasteiger partial charge is 0.526 e. The van der Waals surface area contributed by atoms with Crippen LogP contribution >= 0.6 is 23.9 Å². The number of halogens is 2. The first kappa shape index (κ1) is 43.2. The van der Waals surface area contributed by atoms with Crippen LogP contribution in [0.4, 0.5) is 10.5 Å². The summed E-state index contributed by atoms with van der Waals surface area (Å²) >= 11 is 8.49. The summed E-state index contributed by atoms with van der Waals surface area (Å²) in [6, 6.07) is 18.8. The number of benzene rings is 5. The molecule has 0 aliphatic rings. The van der Waals surface area contributed by atoms with Crippen molar-refractivity contribution >= 4 is 51.4 Å². The fourth-order valence-electron chi connectivity index (χ4n) is 6.22. The Kier molecular flexibility index (Phi) is 16.8. The van der Waals surface area contributed by atoms with Gasteiger partial charge in [0, 0.05) is 60.5 Å². The molecular weight excluding hydrogens is 1100 g/mol. The predicted octanol–water partition coefficient (Wildman–Crippen LogP) is 17.1. The average Bonchev–Trinajstić information content (AvgIpc) is 0.741. The molecule has 0 saturated heterocycles. The maximum absolute atomic E-state index is 11.4. The first-order valence-corrected chi connectivity index (χ1v) is 26.6. The highest BCUT2D eigenvalue weighted by Crippen LogP contribution is 2.39. The number of rotatable bonds is 4. The lowest BCUT2D eigenvalue weighted by Gasteiger charge is -2.27. The maximum atomic E-state index is 11.4. The van der Waals surface area contributed by atoms with E-state index in [1.165, 1.54) is 49.1 Å². The van der Waals surface area contributed by atoms with E-state index in [0.717, 1.165) is 33.3 Å². The highest BCUT2D eigenvalue weighted by molar-refractivity contribution is 7.79. The number of ether oxygens (including phenoxy) is 2. The van der Waals surface area contributed by atoms with E-state index < -0.39 is 101 Å². The molecule has 0 atom stereocenters. The zero-order valence-corrected chi connectivity index (χ0v) is 53.0. The lowest BCUT2D eigenvalue weighted by Crippen LogP contribution is -2.18. The third kappa shape index (κ3) is 33.0. The number of anilines is 1. The summed E-state index contributed by atoms with van der Waals surface area (Å²) < 4.78 is 237. The molecular formula is C66H104Cl2NO12S+. The number of esters is 1. The lowest BCUT2D eigenvalue weighted by atomic mass is 9.79. The summed E-state index contributed by atoms with van der Waals surface area (Å²) in [5.41, 5.74) is 0.926. The molecule has 0 radical (unpaired) electrons. The molecule has 5 rings (SSSR count). The third-order valence-corrected chi connectivity index (χ3v) is 11.0. The normalized spacial score (nSPS) is 17.4. The first-order chi connectivity index (χ1) is 48.1. The van der Waals surface area contributed by atoms with Crippen LogP contribution in [0.3, 0.4) is 0 Å². The van der Waals surface area contributed by atoms with Crippen LogP contribution in [0, 0.1) is 0 Å². The van der Waals surface area contributed by atoms with Gasteiger partial charge in [0.1, 0.15) is 29.9 Å². The molecule has 0 heterocycles. The van der Waals surface area contributed by atoms with Gasteiger partial charge in [-0.3, -0.25) is 4.79 Å². The quantitative estimate of drug-likeness (QED) is 0.0246. The Morgan fingerprint density at radius 2 is 0.927 bits per heavy atom. The number of aromatic hydroxyl groups is 4. The van der Waals surface area contributed by atoms with Crippen LogP contribution in [0.15, 0.2) is 97.0 Å². The molecule has 0 spiro atoms. The molecule has 5 aromatic rings. The molecule has 0 bridgehead atoms. The Hall–Kier alpha value is -5.51. The van der Waals surface area contributed by atoms with Gasteiger partial charge in [-0.15, -0.1) is 20.7 Å². The van der Waals surface area contributed by atoms with E-state index in [0.29, 0.717) is 28.1 Å². The second-order valence-corrected chi connectivity index (χ2v) is 25.4. The SMILES string of the molecule is CC(C)(C)c1ccc(O)cc1.COC(=O)Cl.[2H]C([2H])([2H])C(C)(c1cc(C(C)(C)C)c(N)cc1O)C([2H])([2H])[2H].[2H]Cl.[2H]Oc1c([2H])cc(C(C)(C)C)cc1C(C)(C([2H])([2H])[2H])C([2H])([2H])[2H].[2H]Oc1c([2H])cc(C(C)(C)C)cc1[2H].[2H][O+]([2H])S(=O)(=O)O.[2H]c1cc(C(C)(C)C)cc(C(C)(C([2H])([2H])[2H])C([2H])([2H])[2H])c1OC(C)=O. The highest BCUT2D eigenvalue weighted by atomic mass is 35.5. The highest BCUT2D eigenvalue weighted by Gasteiger charge is 2.26. The zero-order valence-electron chi connectivity index (χ0n) is 77.7. The van der Waals surface area contributed by atoms with Gasteiger partial charge >= 0.3 is 24.7 Å². The Morgan fingerprint density at radius 1 is 0.561 bits per heavy atom. The van der Waals surface area contributed by atoms with Crippen molar-refractivity contribution in [1.29, 1.82) is 6.90 Å². The number of nitrogen functional groups attached to an aromatic ring is 1. The molecule has 0 aliphatic carbocycles. The van der Waals surface area contributed by atoms with Crippen LogP contribution in [0.5, 0.6) is 28.7 Å². The van der Waals surface area contributed by atoms with Crippen molar-refractivity contribution in [3.63, 3.8) is 0 Å². The molecule has 464 valence electrons. The number of phenolic OH excluding ortho intramolecular Hbond substituents is 4. The van der Waals surface area contributed by atoms with E-state index in [4.69, 9.17) is 57.2 Å². The summed E-state index contributed by atoms with van der Waals surface area (Å²) in [6.07, 6.45) is 0. The van der Waals surface area contributed by atoms with Gasteiger partial charge in [0.25, 0.3) is 2.86 Å². The fraction of sp³-hybridized carbons (Fsp3) is 0.515. The minimum atomic E-state index is -4.66. The van der Waals surface area contributed by atoms with Gasteiger partial charge in [-0.05, 0) is 125 Å². The minimum absolute atomic E-state index is 0.0120. The van der Waals surface area contributed by atoms with E-state index in [9.17, 15) is 23.1 Å². The van der Waals surface area contributed by atoms with E-state index in [1.54, 1.807) is 24.3 Å². The van der Waals surface area contributed by atoms with Gasteiger partial charge in [0.2, 0.25) is 0 Å². The summed E-state index contributed by atoms with van der Waals surface area (Å²) in [6.45, 7) is 16.6. The van der Waals surface area contributed by atoms with Crippen LogP contribution in [0.2, 0.25) is 0 Å². The van der Waals surface area contributed by atoms with Gasteiger partial charge in [-0.25, -0.2) is 9.35 Å². The minimum Gasteiger partial charge on any atom is -0.508 e. The van der Waals surface area contributed by atoms with Gasteiger partial charge in [-0.1, -0.05) is 214 Å². The predicted molar refractivity (Wildman–Crippen MR) is 345 cm³/mol. The number of hydrogen-bond donors (Lipinski definition) is 6. The van der Waals surface area contributed by atoms with Gasteiger partial charge in [0.15, 0.2) is 0 Å². The molecule has 0 amide bonds. The molecule has 0 aromatic heterocycles. The molecule has 0 unspecified atom stereocenters. The Bertz CT molecular complexity index is 3840. The van der Waals surface area contributed by atoms with Crippen LogP contribution in [-0.2, 0) is 63.3 Å². The molecule has 82 heavy (non-hydrogen) atoms. The van der Waals surface area contributed by atoms with Crippen molar-refractivity contribution < 1.29 is 87.2 Å². The van der Waals surface area contributed by atoms with Crippen LogP contribution in [0.1, 0.15) is 247 Å². The standard InChI is InChI=1S/C16H24O2.C14H23NO.C14H22O.2C10H14O.C2H3ClO2.ClH.H2O4S/c1-11(17)18-14-9-8-12(15(2,3)4)10-13(14)16(5,6)7;1-13(2,3)9-7-10(14(4,5)6)12(16)8-11(9)15;1-13(2,3)10-7-8-12(15)11(9-10)14(4,5)6;2*1-10(2,3)8-4-6-9(11)7-5-8;1-5-2(3)4;;1-5(2,3)4/h8-10H,1-7H3;7-8,16H,15H2,1-6H3;7-9,15H,1-6H3;2*4-7,11H,1-3H3;1H3;1H;(H2,1,2,3,4)/p+1/i5D3,6D3,9D;4D3,5D3;4D3,5D3,8D;6D,7D;;;;/hD5. The van der Waals surface area contributed by atoms with Crippen LogP contribution in [0.25, 0.3) is 0 Å². The number of carbonyl (C=O) groups excluding carboxylic acids is 2. The van der Waals surface area contributed by atoms with Crippen molar-refractivity contribution in [1.82, 2.24) is 0 Å². The molecule has 9 N–H and O–H groups in total. The van der Waals surface area contributed by atoms with E-state index in [1.807, 2.05) is 95.2 Å². The Morgan fingerprint density at radius 3 is 1.27 bits per heavy atom. The van der Waals surface area contributed by atoms with Crippen molar-refractivity contribution in [3.05, 3.63) is 141 Å². The number of carbonyl (C=O) groups is 2. The van der Waals surface area contributed by atoms with E-state index in [-0.39, 0.29) is 73.5 Å². The van der Waals surface area contributed by atoms with Crippen molar-refractivity contribution in [2.75, 3.05) is 12.8 Å². The number of methoxy groups -OCH3 is 1. The number of hydrogen-bond acceptors (Lipinski definition) is 11. The van der Waals surface area contributed by atoms with Crippen LogP contribution in [-0.4, -0.2) is 63.4 Å². The second kappa shape index (κ2) is 32.0. The Labute approximate surface area is 543 Å². The molecule has 16 heteroatoms. The second-order valence-electron chi connectivity index (χ2n) is 24.2. The monoisotopic (exact) mass is 1230 g/mol. The summed E-state index contributed by atoms with van der Waals surface area (Å²) in [4.78, 5) is 20.8. The number of phenols is 4. The molecule has 0 aliphatic heterocycles. The average molecular weight is 1230 g/mol. The van der Waals surface area contributed by atoms with Crippen molar-refractivity contribution in [3.8, 4) is 28.7 Å². The number of nitrogens with two attached hydrogens (primary N) is 1. The zero-order chi connectivity index (χ0) is 87.9. The summed E-state index contributed by atoms with van der Waals surface area (Å²) in [5, 5.41) is 27.8. The Balaban J connectivity index is -0.00000126. The third-order valence-electron chi connectivity index (χ3n) is 10.9. The van der Waals surface area contributed by atoms with E-state index in [2.05, 4.69) is 59.6 Å². The van der Waals surface area contributed by atoms with Gasteiger partial charge in [0.05, 0.1) is 12.6 Å². The van der Waals surface area contributed by atoms with Crippen LogP contribution < -0.4 is 10.5 Å². The van der Waals surface area contributed by atoms with Crippen molar-refractivity contribution in [2.24, 2.45) is 0 Å². The molecule has 13 nitrogen and oxygen atoms in total. The fourth-order valence-corrected chi connectivity index (χ4v) is 6.22. The maximum Gasteiger partial charge on any atom is 0.526 e. The topological polar surface area (TPSA) is 237 Å². The molecule has 0 fully saturated rings. The summed E-state index contributed by atoms with van der Waals surface area (Å²) in [7, 11) is -3.44. The first-order valence-electron chi connectivity index (χ1n) is 37.9. The van der Waals surface area contributed by atoms with Gasteiger partial charge in [-0.2, -0.15) is 0 Å². The molecule has 0 saturated carbocycles. The van der Waals surface area contributed by atoms with Gasteiger partial charge < -0.3 is 40.2 Å². The summed E-state index contributed by atoms with van der Waals surface area (Å²) in [5.74, 6) is -1.49. The lowest BCUT2D eigenvalue weighted by molar-refractivity contribution is -0.132. The van der Waals surface area contributed by atoms with Crippen molar-refractivity contribution in [2.45, 2.75) is 216 Å². The van der Waals surface area contributed by atoms with E-state index >= 15 is 0 Å². The smallest absolute Gasteiger partial charge is 0.508 e.